The molecule has 6 heteroatoms. The van der Waals surface area contributed by atoms with Gasteiger partial charge in [0.1, 0.15) is 17.0 Å². The number of thiophene rings is 1. The Labute approximate surface area is 151 Å². The zero-order valence-corrected chi connectivity index (χ0v) is 15.3. The number of ether oxygens (including phenoxy) is 2. The zero-order valence-electron chi connectivity index (χ0n) is 14.5. The Morgan fingerprint density at radius 3 is 2.60 bits per heavy atom. The minimum Gasteiger partial charge on any atom is -0.490 e. The lowest BCUT2D eigenvalue weighted by molar-refractivity contribution is 0.287. The summed E-state index contributed by atoms with van der Waals surface area (Å²) < 4.78 is 11.5. The molecule has 0 bridgehead atoms. The molecular weight excluding hydrogens is 334 g/mol. The summed E-state index contributed by atoms with van der Waals surface area (Å²) in [6.07, 6.45) is 2.63. The predicted octanol–water partition coefficient (Wildman–Crippen LogP) is 4.05. The maximum Gasteiger partial charge on any atom is 0.161 e. The maximum absolute atomic E-state index is 5.79. The monoisotopic (exact) mass is 355 g/mol. The van der Waals surface area contributed by atoms with E-state index in [4.69, 9.17) is 9.47 Å². The molecule has 5 nitrogen and oxygen atoms in total. The molecule has 0 aliphatic carbocycles. The third-order valence-electron chi connectivity index (χ3n) is 4.42. The number of rotatable bonds is 5. The summed E-state index contributed by atoms with van der Waals surface area (Å²) in [5.41, 5.74) is 2.61. The number of nitrogens with zero attached hydrogens (tertiary/aromatic N) is 3. The molecule has 1 aliphatic heterocycles. The fourth-order valence-electron chi connectivity index (χ4n) is 3.31. The molecule has 3 heterocycles. The van der Waals surface area contributed by atoms with Crippen LogP contribution in [0.3, 0.4) is 0 Å². The van der Waals surface area contributed by atoms with E-state index in [0.29, 0.717) is 13.2 Å². The standard InChI is InChI=1S/C19H21N3O2S/c1-3-23-16-9-13-5-7-22(11-14(13)10-17(16)24-4-2)18-15-6-8-25-19(15)21-12-20-18/h6,8-10,12H,3-5,7,11H2,1-2H3. The first-order valence-corrected chi connectivity index (χ1v) is 9.52. The molecule has 25 heavy (non-hydrogen) atoms. The van der Waals surface area contributed by atoms with Crippen LogP contribution in [-0.4, -0.2) is 29.7 Å². The van der Waals surface area contributed by atoms with Gasteiger partial charge in [-0.15, -0.1) is 11.3 Å². The average Bonchev–Trinajstić information content (AvgIpc) is 3.11. The van der Waals surface area contributed by atoms with Crippen LogP contribution in [0.2, 0.25) is 0 Å². The Kier molecular flexibility index (Phi) is 4.44. The fraction of sp³-hybridized carbons (Fsp3) is 0.368. The van der Waals surface area contributed by atoms with Crippen LogP contribution in [0.15, 0.2) is 29.9 Å². The Bertz CT molecular complexity index is 894. The van der Waals surface area contributed by atoms with Gasteiger partial charge in [0.25, 0.3) is 0 Å². The van der Waals surface area contributed by atoms with Gasteiger partial charge in [0.2, 0.25) is 0 Å². The maximum atomic E-state index is 5.79. The smallest absolute Gasteiger partial charge is 0.161 e. The second-order valence-electron chi connectivity index (χ2n) is 5.94. The Morgan fingerprint density at radius 2 is 1.84 bits per heavy atom. The molecule has 0 N–H and O–H groups in total. The van der Waals surface area contributed by atoms with E-state index < -0.39 is 0 Å². The highest BCUT2D eigenvalue weighted by Gasteiger charge is 2.22. The minimum atomic E-state index is 0.629. The zero-order chi connectivity index (χ0) is 17.2. The van der Waals surface area contributed by atoms with Crippen LogP contribution >= 0.6 is 11.3 Å². The molecule has 3 aromatic rings. The van der Waals surface area contributed by atoms with Crippen molar-refractivity contribution in [2.75, 3.05) is 24.7 Å². The van der Waals surface area contributed by atoms with E-state index in [-0.39, 0.29) is 0 Å². The van der Waals surface area contributed by atoms with E-state index in [1.807, 2.05) is 13.8 Å². The summed E-state index contributed by atoms with van der Waals surface area (Å²) in [6, 6.07) is 6.37. The topological polar surface area (TPSA) is 47.5 Å². The summed E-state index contributed by atoms with van der Waals surface area (Å²) in [5.74, 6) is 2.69. The van der Waals surface area contributed by atoms with Crippen molar-refractivity contribution in [2.45, 2.75) is 26.8 Å². The van der Waals surface area contributed by atoms with Gasteiger partial charge in [0.15, 0.2) is 11.5 Å². The van der Waals surface area contributed by atoms with Gasteiger partial charge in [-0.2, -0.15) is 0 Å². The first kappa shape index (κ1) is 16.1. The van der Waals surface area contributed by atoms with Gasteiger partial charge in [0.05, 0.1) is 18.6 Å². The van der Waals surface area contributed by atoms with E-state index >= 15 is 0 Å². The third-order valence-corrected chi connectivity index (χ3v) is 5.24. The van der Waals surface area contributed by atoms with Gasteiger partial charge in [-0.1, -0.05) is 0 Å². The lowest BCUT2D eigenvalue weighted by atomic mass is 9.98. The van der Waals surface area contributed by atoms with Crippen molar-refractivity contribution in [2.24, 2.45) is 0 Å². The van der Waals surface area contributed by atoms with Crippen molar-refractivity contribution in [1.82, 2.24) is 9.97 Å². The van der Waals surface area contributed by atoms with Gasteiger partial charge >= 0.3 is 0 Å². The molecular formula is C19H21N3O2S. The summed E-state index contributed by atoms with van der Waals surface area (Å²) in [4.78, 5) is 12.3. The van der Waals surface area contributed by atoms with Crippen molar-refractivity contribution in [3.8, 4) is 11.5 Å². The minimum absolute atomic E-state index is 0.629. The van der Waals surface area contributed by atoms with Crippen molar-refractivity contribution in [1.29, 1.82) is 0 Å². The number of anilines is 1. The third kappa shape index (κ3) is 3.02. The molecule has 0 spiro atoms. The summed E-state index contributed by atoms with van der Waals surface area (Å²) in [5, 5.41) is 3.20. The van der Waals surface area contributed by atoms with Crippen LogP contribution in [0.4, 0.5) is 5.82 Å². The molecule has 1 aliphatic rings. The summed E-state index contributed by atoms with van der Waals surface area (Å²) >= 11 is 1.65. The normalized spacial score (nSPS) is 13.8. The SMILES string of the molecule is CCOc1cc2c(cc1OCC)CN(c1ncnc3sccc13)CC2. The molecule has 0 amide bonds. The average molecular weight is 355 g/mol. The number of hydrogen-bond donors (Lipinski definition) is 0. The van der Waals surface area contributed by atoms with Crippen LogP contribution in [-0.2, 0) is 13.0 Å². The van der Waals surface area contributed by atoms with Crippen LogP contribution in [0, 0.1) is 0 Å². The predicted molar refractivity (Wildman–Crippen MR) is 101 cm³/mol. The molecule has 0 radical (unpaired) electrons. The van der Waals surface area contributed by atoms with Gasteiger partial charge in [-0.05, 0) is 55.0 Å². The van der Waals surface area contributed by atoms with Crippen LogP contribution < -0.4 is 14.4 Å². The van der Waals surface area contributed by atoms with Crippen molar-refractivity contribution < 1.29 is 9.47 Å². The number of benzene rings is 1. The molecule has 0 atom stereocenters. The van der Waals surface area contributed by atoms with Crippen molar-refractivity contribution in [3.63, 3.8) is 0 Å². The second kappa shape index (κ2) is 6.88. The molecule has 4 rings (SSSR count). The van der Waals surface area contributed by atoms with E-state index in [0.717, 1.165) is 47.0 Å². The molecule has 0 unspecified atom stereocenters. The lowest BCUT2D eigenvalue weighted by Crippen LogP contribution is -2.31. The fourth-order valence-corrected chi connectivity index (χ4v) is 4.04. The van der Waals surface area contributed by atoms with Gasteiger partial charge in [-0.25, -0.2) is 9.97 Å². The van der Waals surface area contributed by atoms with E-state index in [1.165, 1.54) is 11.1 Å². The van der Waals surface area contributed by atoms with Crippen LogP contribution in [0.5, 0.6) is 11.5 Å². The van der Waals surface area contributed by atoms with Gasteiger partial charge < -0.3 is 14.4 Å². The molecule has 0 saturated carbocycles. The molecule has 2 aromatic heterocycles. The highest BCUT2D eigenvalue weighted by Crippen LogP contribution is 2.36. The second-order valence-corrected chi connectivity index (χ2v) is 6.84. The lowest BCUT2D eigenvalue weighted by Gasteiger charge is -2.31. The van der Waals surface area contributed by atoms with Crippen LogP contribution in [0.25, 0.3) is 10.2 Å². The molecule has 130 valence electrons. The highest BCUT2D eigenvalue weighted by molar-refractivity contribution is 7.16. The van der Waals surface area contributed by atoms with Gasteiger partial charge in [-0.3, -0.25) is 0 Å². The van der Waals surface area contributed by atoms with Gasteiger partial charge in [0, 0.05) is 13.1 Å². The summed E-state index contributed by atoms with van der Waals surface area (Å²) in [7, 11) is 0. The molecule has 0 saturated heterocycles. The number of fused-ring (bicyclic) bond motifs is 2. The van der Waals surface area contributed by atoms with E-state index in [1.54, 1.807) is 17.7 Å². The van der Waals surface area contributed by atoms with Crippen LogP contribution in [0.1, 0.15) is 25.0 Å². The largest absolute Gasteiger partial charge is 0.490 e. The first-order valence-electron chi connectivity index (χ1n) is 8.64. The Balaban J connectivity index is 1.68. The van der Waals surface area contributed by atoms with Crippen molar-refractivity contribution in [3.05, 3.63) is 41.0 Å². The first-order chi connectivity index (χ1) is 12.3. The quantitative estimate of drug-likeness (QED) is 0.691. The highest BCUT2D eigenvalue weighted by atomic mass is 32.1. The molecule has 0 fully saturated rings. The number of hydrogen-bond acceptors (Lipinski definition) is 6. The Hall–Kier alpha value is -2.34. The van der Waals surface area contributed by atoms with Crippen molar-refractivity contribution >= 4 is 27.4 Å². The van der Waals surface area contributed by atoms with E-state index in [2.05, 4.69) is 38.4 Å². The summed E-state index contributed by atoms with van der Waals surface area (Å²) in [6.45, 7) is 7.03. The molecule has 1 aromatic carbocycles. The number of aromatic nitrogens is 2. The van der Waals surface area contributed by atoms with E-state index in [9.17, 15) is 0 Å². The Morgan fingerprint density at radius 1 is 1.08 bits per heavy atom.